The highest BCUT2D eigenvalue weighted by molar-refractivity contribution is 4.81. The zero-order valence-corrected chi connectivity index (χ0v) is 10.9. The van der Waals surface area contributed by atoms with E-state index in [2.05, 4.69) is 26.0 Å². The molecule has 0 aliphatic carbocycles. The molecule has 0 aromatic rings. The van der Waals surface area contributed by atoms with Gasteiger partial charge in [0.1, 0.15) is 0 Å². The molecule has 0 fully saturated rings. The molecule has 0 radical (unpaired) electrons. The number of unbranched alkanes of at least 4 members (excludes halogenated alkanes) is 9. The van der Waals surface area contributed by atoms with E-state index in [0.29, 0.717) is 0 Å². The van der Waals surface area contributed by atoms with Gasteiger partial charge >= 0.3 is 0 Å². The van der Waals surface area contributed by atoms with Gasteiger partial charge in [-0.25, -0.2) is 0 Å². The molecule has 0 aliphatic rings. The van der Waals surface area contributed by atoms with E-state index in [1.165, 1.54) is 70.6 Å². The highest BCUT2D eigenvalue weighted by Gasteiger charge is 1.87. The SMILES string of the molecule is CCCCCC/C=C/CCCCCCC. The summed E-state index contributed by atoms with van der Waals surface area (Å²) in [6.07, 6.45) is 20.0. The Morgan fingerprint density at radius 2 is 0.933 bits per heavy atom. The molecule has 0 rings (SSSR count). The third-order valence-corrected chi connectivity index (χ3v) is 2.87. The van der Waals surface area contributed by atoms with E-state index in [9.17, 15) is 0 Å². The second-order valence-corrected chi connectivity index (χ2v) is 4.52. The van der Waals surface area contributed by atoms with Crippen molar-refractivity contribution in [1.29, 1.82) is 0 Å². The third-order valence-electron chi connectivity index (χ3n) is 2.87. The number of hydrogen-bond donors (Lipinski definition) is 0. The summed E-state index contributed by atoms with van der Waals surface area (Å²) in [6.45, 7) is 4.54. The van der Waals surface area contributed by atoms with Crippen LogP contribution in [-0.2, 0) is 0 Å². The summed E-state index contributed by atoms with van der Waals surface area (Å²) in [7, 11) is 0. The van der Waals surface area contributed by atoms with Crippen LogP contribution in [0.2, 0.25) is 0 Å². The maximum Gasteiger partial charge on any atom is -0.0351 e. The monoisotopic (exact) mass is 210 g/mol. The maximum atomic E-state index is 2.39. The van der Waals surface area contributed by atoms with E-state index < -0.39 is 0 Å². The fourth-order valence-corrected chi connectivity index (χ4v) is 1.79. The van der Waals surface area contributed by atoms with Crippen LogP contribution in [-0.4, -0.2) is 0 Å². The van der Waals surface area contributed by atoms with Crippen LogP contribution in [0.25, 0.3) is 0 Å². The Bertz CT molecular complexity index is 124. The van der Waals surface area contributed by atoms with Crippen molar-refractivity contribution in [3.05, 3.63) is 12.2 Å². The van der Waals surface area contributed by atoms with Crippen LogP contribution in [0.1, 0.15) is 84.5 Å². The van der Waals surface area contributed by atoms with Gasteiger partial charge in [-0.15, -0.1) is 0 Å². The van der Waals surface area contributed by atoms with Gasteiger partial charge in [-0.3, -0.25) is 0 Å². The van der Waals surface area contributed by atoms with Gasteiger partial charge in [0.2, 0.25) is 0 Å². The zero-order valence-electron chi connectivity index (χ0n) is 10.9. The average molecular weight is 210 g/mol. The molecule has 0 saturated heterocycles. The van der Waals surface area contributed by atoms with E-state index in [4.69, 9.17) is 0 Å². The first kappa shape index (κ1) is 14.7. The molecule has 0 heteroatoms. The first-order valence-electron chi connectivity index (χ1n) is 7.06. The Morgan fingerprint density at radius 1 is 0.533 bits per heavy atom. The average Bonchev–Trinajstić information content (AvgIpc) is 2.26. The summed E-state index contributed by atoms with van der Waals surface area (Å²) in [4.78, 5) is 0. The lowest BCUT2D eigenvalue weighted by molar-refractivity contribution is 0.636. The molecule has 0 unspecified atom stereocenters. The standard InChI is InChI=1S/C15H30/c1-3-5-7-9-11-13-15-14-12-10-8-6-4-2/h13,15H,3-12,14H2,1-2H3/b15-13+. The van der Waals surface area contributed by atoms with Crippen LogP contribution >= 0.6 is 0 Å². The van der Waals surface area contributed by atoms with Crippen LogP contribution in [0.15, 0.2) is 12.2 Å². The Labute approximate surface area is 97.2 Å². The van der Waals surface area contributed by atoms with E-state index in [1.54, 1.807) is 0 Å². The molecule has 0 amide bonds. The van der Waals surface area contributed by atoms with E-state index in [0.717, 1.165) is 0 Å². The van der Waals surface area contributed by atoms with Crippen molar-refractivity contribution < 1.29 is 0 Å². The molecule has 0 aromatic carbocycles. The van der Waals surface area contributed by atoms with Crippen LogP contribution in [0.3, 0.4) is 0 Å². The molecule has 0 aromatic heterocycles. The Balaban J connectivity index is 2.97. The number of allylic oxidation sites excluding steroid dienone is 2. The number of hydrogen-bond acceptors (Lipinski definition) is 0. The van der Waals surface area contributed by atoms with Crippen LogP contribution in [0, 0.1) is 0 Å². The lowest BCUT2D eigenvalue weighted by atomic mass is 10.1. The lowest BCUT2D eigenvalue weighted by Crippen LogP contribution is -1.76. The molecule has 0 atom stereocenters. The summed E-state index contributed by atoms with van der Waals surface area (Å²) in [5.74, 6) is 0. The topological polar surface area (TPSA) is 0 Å². The third kappa shape index (κ3) is 13.7. The molecule has 90 valence electrons. The van der Waals surface area contributed by atoms with Crippen molar-refractivity contribution >= 4 is 0 Å². The maximum absolute atomic E-state index is 2.39. The van der Waals surface area contributed by atoms with Crippen molar-refractivity contribution in [3.63, 3.8) is 0 Å². The number of rotatable bonds is 11. The Hall–Kier alpha value is -0.260. The van der Waals surface area contributed by atoms with Crippen molar-refractivity contribution in [2.24, 2.45) is 0 Å². The molecule has 15 heavy (non-hydrogen) atoms. The quantitative estimate of drug-likeness (QED) is 0.295. The molecule has 0 saturated carbocycles. The van der Waals surface area contributed by atoms with Crippen molar-refractivity contribution in [2.75, 3.05) is 0 Å². The summed E-state index contributed by atoms with van der Waals surface area (Å²) in [5, 5.41) is 0. The van der Waals surface area contributed by atoms with Gasteiger partial charge < -0.3 is 0 Å². The summed E-state index contributed by atoms with van der Waals surface area (Å²) in [6, 6.07) is 0. The molecular formula is C15H30. The van der Waals surface area contributed by atoms with Gasteiger partial charge in [-0.05, 0) is 25.7 Å². The minimum absolute atomic E-state index is 1.30. The van der Waals surface area contributed by atoms with Gasteiger partial charge in [0.25, 0.3) is 0 Å². The first-order chi connectivity index (χ1) is 7.41. The second-order valence-electron chi connectivity index (χ2n) is 4.52. The van der Waals surface area contributed by atoms with Gasteiger partial charge in [0.05, 0.1) is 0 Å². The van der Waals surface area contributed by atoms with E-state index >= 15 is 0 Å². The molecule has 0 bridgehead atoms. The molecule has 0 N–H and O–H groups in total. The molecule has 0 nitrogen and oxygen atoms in total. The fourth-order valence-electron chi connectivity index (χ4n) is 1.79. The second kappa shape index (κ2) is 13.7. The van der Waals surface area contributed by atoms with Crippen molar-refractivity contribution in [2.45, 2.75) is 84.5 Å². The first-order valence-corrected chi connectivity index (χ1v) is 7.06. The van der Waals surface area contributed by atoms with Crippen molar-refractivity contribution in [1.82, 2.24) is 0 Å². The van der Waals surface area contributed by atoms with Gasteiger partial charge in [-0.2, -0.15) is 0 Å². The highest BCUT2D eigenvalue weighted by Crippen LogP contribution is 2.07. The van der Waals surface area contributed by atoms with E-state index in [1.807, 2.05) is 0 Å². The van der Waals surface area contributed by atoms with E-state index in [-0.39, 0.29) is 0 Å². The molecule has 0 spiro atoms. The van der Waals surface area contributed by atoms with Gasteiger partial charge in [0, 0.05) is 0 Å². The predicted octanol–water partition coefficient (Wildman–Crippen LogP) is 5.87. The fraction of sp³-hybridized carbons (Fsp3) is 0.867. The van der Waals surface area contributed by atoms with Crippen LogP contribution in [0.4, 0.5) is 0 Å². The normalized spacial score (nSPS) is 11.3. The Kier molecular flexibility index (Phi) is 13.5. The summed E-state index contributed by atoms with van der Waals surface area (Å²) >= 11 is 0. The minimum Gasteiger partial charge on any atom is -0.0885 e. The lowest BCUT2D eigenvalue weighted by Gasteiger charge is -1.96. The van der Waals surface area contributed by atoms with Gasteiger partial charge in [-0.1, -0.05) is 70.9 Å². The predicted molar refractivity (Wildman–Crippen MR) is 71.3 cm³/mol. The summed E-state index contributed by atoms with van der Waals surface area (Å²) < 4.78 is 0. The van der Waals surface area contributed by atoms with Crippen LogP contribution < -0.4 is 0 Å². The largest absolute Gasteiger partial charge is 0.0885 e. The minimum atomic E-state index is 1.30. The zero-order chi connectivity index (χ0) is 11.2. The molecule has 0 heterocycles. The highest BCUT2D eigenvalue weighted by atomic mass is 13.9. The summed E-state index contributed by atoms with van der Waals surface area (Å²) in [5.41, 5.74) is 0. The Morgan fingerprint density at radius 3 is 1.40 bits per heavy atom. The van der Waals surface area contributed by atoms with Crippen LogP contribution in [0.5, 0.6) is 0 Å². The molecular weight excluding hydrogens is 180 g/mol. The smallest absolute Gasteiger partial charge is 0.0351 e. The van der Waals surface area contributed by atoms with Crippen molar-refractivity contribution in [3.8, 4) is 0 Å². The van der Waals surface area contributed by atoms with Gasteiger partial charge in [0.15, 0.2) is 0 Å². The molecule has 0 aliphatic heterocycles.